The molecule has 7 heteroatoms. The van der Waals surface area contributed by atoms with E-state index in [1.54, 1.807) is 24.3 Å². The number of unbranched alkanes of at least 4 members (excludes halogenated alkanes) is 2. The van der Waals surface area contributed by atoms with Crippen molar-refractivity contribution in [2.75, 3.05) is 13.2 Å². The zero-order valence-corrected chi connectivity index (χ0v) is 17.6. The van der Waals surface area contributed by atoms with Gasteiger partial charge >= 0.3 is 12.3 Å². The van der Waals surface area contributed by atoms with E-state index >= 15 is 0 Å². The standard InChI is InChI=1S/C24H25FO6/c1-3-5-13-28-23(26)30-21-17-9-7-8-10-18(17)22(31-24(27)29-14-6-4-2)20-15-16(25)11-12-19(20)21/h7-12,15H,3-6,13-14H2,1-2H3. The van der Waals surface area contributed by atoms with Gasteiger partial charge in [-0.2, -0.15) is 0 Å². The van der Waals surface area contributed by atoms with Gasteiger partial charge in [-0.3, -0.25) is 0 Å². The number of carbonyl (C=O) groups excluding carboxylic acids is 2. The molecule has 0 aliphatic heterocycles. The number of hydrogen-bond acceptors (Lipinski definition) is 6. The van der Waals surface area contributed by atoms with Gasteiger partial charge in [0.2, 0.25) is 0 Å². The van der Waals surface area contributed by atoms with Crippen molar-refractivity contribution < 1.29 is 32.9 Å². The first-order valence-corrected chi connectivity index (χ1v) is 10.4. The molecular formula is C24H25FO6. The van der Waals surface area contributed by atoms with Crippen LogP contribution in [0.3, 0.4) is 0 Å². The van der Waals surface area contributed by atoms with Crippen LogP contribution in [0.5, 0.6) is 11.5 Å². The molecule has 0 aliphatic carbocycles. The summed E-state index contributed by atoms with van der Waals surface area (Å²) < 4.78 is 35.3. The van der Waals surface area contributed by atoms with Crippen LogP contribution in [0.15, 0.2) is 42.5 Å². The number of rotatable bonds is 8. The molecule has 0 bridgehead atoms. The molecule has 3 rings (SSSR count). The Morgan fingerprint density at radius 1 is 0.742 bits per heavy atom. The Morgan fingerprint density at radius 2 is 1.23 bits per heavy atom. The summed E-state index contributed by atoms with van der Waals surface area (Å²) >= 11 is 0. The highest BCUT2D eigenvalue weighted by Gasteiger charge is 2.21. The maximum atomic E-state index is 14.1. The van der Waals surface area contributed by atoms with E-state index in [-0.39, 0.29) is 30.1 Å². The van der Waals surface area contributed by atoms with E-state index in [2.05, 4.69) is 0 Å². The number of fused-ring (bicyclic) bond motifs is 2. The highest BCUT2D eigenvalue weighted by atomic mass is 19.1. The van der Waals surface area contributed by atoms with Crippen LogP contribution in [0.25, 0.3) is 21.5 Å². The quantitative estimate of drug-likeness (QED) is 0.171. The normalized spacial score (nSPS) is 10.8. The van der Waals surface area contributed by atoms with Gasteiger partial charge in [0.1, 0.15) is 11.6 Å². The molecule has 164 valence electrons. The molecule has 0 aliphatic rings. The first-order valence-electron chi connectivity index (χ1n) is 10.4. The van der Waals surface area contributed by atoms with Crippen molar-refractivity contribution >= 4 is 33.9 Å². The smallest absolute Gasteiger partial charge is 0.434 e. The molecule has 0 aromatic heterocycles. The Morgan fingerprint density at radius 3 is 1.74 bits per heavy atom. The third-order valence-corrected chi connectivity index (χ3v) is 4.69. The topological polar surface area (TPSA) is 71.1 Å². The van der Waals surface area contributed by atoms with Gasteiger partial charge in [0.05, 0.1) is 13.2 Å². The summed E-state index contributed by atoms with van der Waals surface area (Å²) in [6.07, 6.45) is 1.44. The van der Waals surface area contributed by atoms with Gasteiger partial charge in [-0.05, 0) is 31.0 Å². The predicted octanol–water partition coefficient (Wildman–Crippen LogP) is 6.76. The van der Waals surface area contributed by atoms with Gasteiger partial charge in [0, 0.05) is 21.5 Å². The van der Waals surface area contributed by atoms with Crippen LogP contribution in [-0.4, -0.2) is 25.5 Å². The Balaban J connectivity index is 2.07. The van der Waals surface area contributed by atoms with Gasteiger partial charge in [0.15, 0.2) is 5.75 Å². The lowest BCUT2D eigenvalue weighted by Crippen LogP contribution is -2.13. The van der Waals surface area contributed by atoms with Crippen molar-refractivity contribution in [3.63, 3.8) is 0 Å². The van der Waals surface area contributed by atoms with Crippen LogP contribution >= 0.6 is 0 Å². The van der Waals surface area contributed by atoms with Crippen molar-refractivity contribution in [3.8, 4) is 11.5 Å². The number of carbonyl (C=O) groups is 2. The Labute approximate surface area is 179 Å². The van der Waals surface area contributed by atoms with Gasteiger partial charge in [-0.1, -0.05) is 51.0 Å². The fourth-order valence-electron chi connectivity index (χ4n) is 3.12. The monoisotopic (exact) mass is 428 g/mol. The summed E-state index contributed by atoms with van der Waals surface area (Å²) in [4.78, 5) is 24.5. The fourth-order valence-corrected chi connectivity index (χ4v) is 3.12. The Hall–Kier alpha value is -3.35. The summed E-state index contributed by atoms with van der Waals surface area (Å²) in [5, 5.41) is 1.68. The van der Waals surface area contributed by atoms with E-state index in [1.807, 2.05) is 13.8 Å². The van der Waals surface area contributed by atoms with E-state index < -0.39 is 18.1 Å². The van der Waals surface area contributed by atoms with Crippen LogP contribution in [0.2, 0.25) is 0 Å². The van der Waals surface area contributed by atoms with Crippen LogP contribution in [0.4, 0.5) is 14.0 Å². The highest BCUT2D eigenvalue weighted by molar-refractivity contribution is 6.12. The zero-order chi connectivity index (χ0) is 22.2. The van der Waals surface area contributed by atoms with Crippen LogP contribution < -0.4 is 9.47 Å². The second-order valence-electron chi connectivity index (χ2n) is 7.00. The molecule has 3 aromatic carbocycles. The molecule has 0 amide bonds. The molecule has 0 radical (unpaired) electrons. The number of hydrogen-bond donors (Lipinski definition) is 0. The molecule has 0 fully saturated rings. The lowest BCUT2D eigenvalue weighted by Gasteiger charge is -2.16. The van der Waals surface area contributed by atoms with Gasteiger partial charge in [-0.25, -0.2) is 14.0 Å². The molecule has 0 unspecified atom stereocenters. The number of benzene rings is 3. The minimum Gasteiger partial charge on any atom is -0.434 e. The summed E-state index contributed by atoms with van der Waals surface area (Å²) in [6, 6.07) is 10.9. The first kappa shape index (κ1) is 22.3. The molecule has 0 spiro atoms. The average molecular weight is 428 g/mol. The lowest BCUT2D eigenvalue weighted by atomic mass is 10.0. The van der Waals surface area contributed by atoms with E-state index in [4.69, 9.17) is 18.9 Å². The Bertz CT molecular complexity index is 1080. The minimum absolute atomic E-state index is 0.137. The summed E-state index contributed by atoms with van der Waals surface area (Å²) in [5.74, 6) is -0.180. The van der Waals surface area contributed by atoms with E-state index in [0.717, 1.165) is 12.8 Å². The molecular weight excluding hydrogens is 403 g/mol. The lowest BCUT2D eigenvalue weighted by molar-refractivity contribution is 0.0970. The van der Waals surface area contributed by atoms with Gasteiger partial charge in [0.25, 0.3) is 0 Å². The van der Waals surface area contributed by atoms with Crippen LogP contribution in [0.1, 0.15) is 39.5 Å². The Kier molecular flexibility index (Phi) is 7.65. The third-order valence-electron chi connectivity index (χ3n) is 4.69. The average Bonchev–Trinajstić information content (AvgIpc) is 2.76. The van der Waals surface area contributed by atoms with E-state index in [0.29, 0.717) is 29.0 Å². The molecule has 0 saturated heterocycles. The summed E-state index contributed by atoms with van der Waals surface area (Å²) in [7, 11) is 0. The van der Waals surface area contributed by atoms with Crippen LogP contribution in [0, 0.1) is 5.82 Å². The molecule has 0 N–H and O–H groups in total. The SMILES string of the molecule is CCCCOC(=O)Oc1c2ccccc2c(OC(=O)OCCCC)c2cc(F)ccc12. The van der Waals surface area contributed by atoms with Crippen LogP contribution in [-0.2, 0) is 9.47 Å². The van der Waals surface area contributed by atoms with E-state index in [1.165, 1.54) is 18.2 Å². The van der Waals surface area contributed by atoms with Gasteiger partial charge < -0.3 is 18.9 Å². The zero-order valence-electron chi connectivity index (χ0n) is 17.6. The number of ether oxygens (including phenoxy) is 4. The minimum atomic E-state index is -0.878. The van der Waals surface area contributed by atoms with Crippen molar-refractivity contribution in [2.45, 2.75) is 39.5 Å². The highest BCUT2D eigenvalue weighted by Crippen LogP contribution is 2.43. The van der Waals surface area contributed by atoms with Crippen molar-refractivity contribution in [1.82, 2.24) is 0 Å². The molecule has 6 nitrogen and oxygen atoms in total. The first-order chi connectivity index (χ1) is 15.0. The third kappa shape index (κ3) is 5.42. The summed E-state index contributed by atoms with van der Waals surface area (Å²) in [6.45, 7) is 4.43. The van der Waals surface area contributed by atoms with Crippen molar-refractivity contribution in [2.24, 2.45) is 0 Å². The maximum Gasteiger partial charge on any atom is 0.513 e. The maximum absolute atomic E-state index is 14.1. The predicted molar refractivity (Wildman–Crippen MR) is 115 cm³/mol. The fraction of sp³-hybridized carbons (Fsp3) is 0.333. The largest absolute Gasteiger partial charge is 0.513 e. The summed E-state index contributed by atoms with van der Waals surface area (Å²) in [5.41, 5.74) is 0. The van der Waals surface area contributed by atoms with E-state index in [9.17, 15) is 14.0 Å². The number of halogens is 1. The second-order valence-corrected chi connectivity index (χ2v) is 7.00. The van der Waals surface area contributed by atoms with Gasteiger partial charge in [-0.15, -0.1) is 0 Å². The molecule has 0 saturated carbocycles. The molecule has 31 heavy (non-hydrogen) atoms. The van der Waals surface area contributed by atoms with Crippen molar-refractivity contribution in [1.29, 1.82) is 0 Å². The molecule has 0 heterocycles. The van der Waals surface area contributed by atoms with Crippen molar-refractivity contribution in [3.05, 3.63) is 48.3 Å². The second kappa shape index (κ2) is 10.6. The molecule has 0 atom stereocenters. The molecule has 3 aromatic rings.